The van der Waals surface area contributed by atoms with E-state index in [1.807, 2.05) is 7.05 Å². The van der Waals surface area contributed by atoms with Gasteiger partial charge in [0.05, 0.1) is 29.4 Å². The lowest BCUT2D eigenvalue weighted by Crippen LogP contribution is -2.47. The Morgan fingerprint density at radius 1 is 1.12 bits per heavy atom. The number of morpholine rings is 1. The molecule has 8 nitrogen and oxygen atoms in total. The summed E-state index contributed by atoms with van der Waals surface area (Å²) < 4.78 is 5.36. The Labute approximate surface area is 140 Å². The van der Waals surface area contributed by atoms with Crippen LogP contribution in [0.2, 0.25) is 0 Å². The average Bonchev–Trinajstić information content (AvgIpc) is 2.62. The molecule has 0 saturated carbocycles. The lowest BCUT2D eigenvalue weighted by atomic mass is 10.1. The number of nitrogens with zero attached hydrogens (tertiary/aromatic N) is 4. The van der Waals surface area contributed by atoms with Crippen molar-refractivity contribution in [3.05, 3.63) is 33.9 Å². The third kappa shape index (κ3) is 3.49. The van der Waals surface area contributed by atoms with Gasteiger partial charge >= 0.3 is 0 Å². The van der Waals surface area contributed by atoms with Crippen molar-refractivity contribution < 1.29 is 14.5 Å². The highest BCUT2D eigenvalue weighted by molar-refractivity contribution is 6.00. The number of benzene rings is 1. The molecule has 0 radical (unpaired) electrons. The van der Waals surface area contributed by atoms with E-state index in [1.54, 1.807) is 11.0 Å². The van der Waals surface area contributed by atoms with Crippen LogP contribution in [0.15, 0.2) is 18.2 Å². The topological polar surface area (TPSA) is 79.2 Å². The second-order valence-electron chi connectivity index (χ2n) is 6.15. The third-order valence-corrected chi connectivity index (χ3v) is 4.56. The van der Waals surface area contributed by atoms with Gasteiger partial charge in [-0.05, 0) is 13.1 Å². The van der Waals surface area contributed by atoms with Gasteiger partial charge < -0.3 is 19.4 Å². The van der Waals surface area contributed by atoms with Gasteiger partial charge in [0.15, 0.2) is 0 Å². The van der Waals surface area contributed by atoms with Crippen molar-refractivity contribution in [1.82, 2.24) is 9.80 Å². The van der Waals surface area contributed by atoms with Crippen LogP contribution >= 0.6 is 0 Å². The number of piperazine rings is 1. The van der Waals surface area contributed by atoms with Gasteiger partial charge in [-0.2, -0.15) is 0 Å². The van der Waals surface area contributed by atoms with Crippen molar-refractivity contribution in [3.63, 3.8) is 0 Å². The minimum absolute atomic E-state index is 0.0514. The van der Waals surface area contributed by atoms with E-state index in [2.05, 4.69) is 9.80 Å². The summed E-state index contributed by atoms with van der Waals surface area (Å²) in [6.07, 6.45) is 0. The van der Waals surface area contributed by atoms with Crippen molar-refractivity contribution in [2.24, 2.45) is 0 Å². The minimum atomic E-state index is -0.455. The summed E-state index contributed by atoms with van der Waals surface area (Å²) in [6, 6.07) is 4.56. The molecule has 3 rings (SSSR count). The highest BCUT2D eigenvalue weighted by Crippen LogP contribution is 2.28. The maximum absolute atomic E-state index is 13.0. The molecule has 8 heteroatoms. The van der Waals surface area contributed by atoms with Crippen molar-refractivity contribution in [2.75, 3.05) is 64.4 Å². The lowest BCUT2D eigenvalue weighted by Gasteiger charge is -2.34. The number of hydrogen-bond acceptors (Lipinski definition) is 6. The van der Waals surface area contributed by atoms with Gasteiger partial charge in [0, 0.05) is 51.4 Å². The van der Waals surface area contributed by atoms with E-state index in [1.165, 1.54) is 12.1 Å². The molecule has 0 bridgehead atoms. The SMILES string of the molecule is CN1CCN(C(=O)c2cc([N+](=O)[O-])ccc2N2CCOCC2)CC1. The average molecular weight is 334 g/mol. The molecule has 0 aromatic heterocycles. The molecule has 2 heterocycles. The maximum atomic E-state index is 13.0. The van der Waals surface area contributed by atoms with Gasteiger partial charge in [0.2, 0.25) is 0 Å². The maximum Gasteiger partial charge on any atom is 0.270 e. The van der Waals surface area contributed by atoms with Crippen LogP contribution < -0.4 is 4.90 Å². The zero-order valence-electron chi connectivity index (χ0n) is 13.8. The summed E-state index contributed by atoms with van der Waals surface area (Å²) in [6.45, 7) is 5.46. The highest BCUT2D eigenvalue weighted by Gasteiger charge is 2.27. The molecule has 2 fully saturated rings. The molecule has 0 aliphatic carbocycles. The van der Waals surface area contributed by atoms with Crippen LogP contribution in [-0.2, 0) is 4.74 Å². The third-order valence-electron chi connectivity index (χ3n) is 4.56. The zero-order chi connectivity index (χ0) is 17.1. The second kappa shape index (κ2) is 7.14. The molecule has 0 unspecified atom stereocenters. The molecule has 0 atom stereocenters. The van der Waals surface area contributed by atoms with E-state index in [0.717, 1.165) is 18.8 Å². The standard InChI is InChI=1S/C16H22N4O4/c1-17-4-6-19(7-5-17)16(21)14-12-13(20(22)23)2-3-15(14)18-8-10-24-11-9-18/h2-3,12H,4-11H2,1H3. The Hall–Kier alpha value is -2.19. The number of rotatable bonds is 3. The summed E-state index contributed by atoms with van der Waals surface area (Å²) >= 11 is 0. The summed E-state index contributed by atoms with van der Waals surface area (Å²) in [4.78, 5) is 29.7. The second-order valence-corrected chi connectivity index (χ2v) is 6.15. The summed E-state index contributed by atoms with van der Waals surface area (Å²) in [5, 5.41) is 11.1. The Balaban J connectivity index is 1.91. The minimum Gasteiger partial charge on any atom is -0.378 e. The molecule has 1 amide bonds. The number of anilines is 1. The van der Waals surface area contributed by atoms with Crippen molar-refractivity contribution in [1.29, 1.82) is 0 Å². The van der Waals surface area contributed by atoms with Gasteiger partial charge in [-0.1, -0.05) is 0 Å². The Kier molecular flexibility index (Phi) is 4.96. The van der Waals surface area contributed by atoms with Gasteiger partial charge in [-0.3, -0.25) is 14.9 Å². The normalized spacial score (nSPS) is 19.4. The van der Waals surface area contributed by atoms with E-state index in [-0.39, 0.29) is 11.6 Å². The molecule has 2 aliphatic heterocycles. The molecule has 2 saturated heterocycles. The van der Waals surface area contributed by atoms with Crippen molar-refractivity contribution in [3.8, 4) is 0 Å². The summed E-state index contributed by atoms with van der Waals surface area (Å²) in [5.41, 5.74) is 1.12. The number of amides is 1. The van der Waals surface area contributed by atoms with Crippen LogP contribution in [0.5, 0.6) is 0 Å². The fourth-order valence-corrected chi connectivity index (χ4v) is 3.07. The number of likely N-dealkylation sites (N-methyl/N-ethyl adjacent to an activating group) is 1. The molecular weight excluding hydrogens is 312 g/mol. The number of ether oxygens (including phenoxy) is 1. The van der Waals surface area contributed by atoms with E-state index in [9.17, 15) is 14.9 Å². The fourth-order valence-electron chi connectivity index (χ4n) is 3.07. The van der Waals surface area contributed by atoms with Gasteiger partial charge in [-0.15, -0.1) is 0 Å². The van der Waals surface area contributed by atoms with E-state index in [4.69, 9.17) is 4.74 Å². The predicted octanol–water partition coefficient (Wildman–Crippen LogP) is 0.819. The van der Waals surface area contributed by atoms with Crippen LogP contribution in [0.4, 0.5) is 11.4 Å². The molecule has 130 valence electrons. The first kappa shape index (κ1) is 16.7. The van der Waals surface area contributed by atoms with Crippen LogP contribution in [0.25, 0.3) is 0 Å². The summed E-state index contributed by atoms with van der Waals surface area (Å²) in [5.74, 6) is -0.131. The van der Waals surface area contributed by atoms with E-state index in [0.29, 0.717) is 45.0 Å². The van der Waals surface area contributed by atoms with Crippen LogP contribution in [0, 0.1) is 10.1 Å². The molecule has 1 aromatic carbocycles. The van der Waals surface area contributed by atoms with Crippen LogP contribution in [0.3, 0.4) is 0 Å². The molecule has 24 heavy (non-hydrogen) atoms. The molecular formula is C16H22N4O4. The lowest BCUT2D eigenvalue weighted by molar-refractivity contribution is -0.384. The highest BCUT2D eigenvalue weighted by atomic mass is 16.6. The van der Waals surface area contributed by atoms with Crippen molar-refractivity contribution in [2.45, 2.75) is 0 Å². The molecule has 1 aromatic rings. The van der Waals surface area contributed by atoms with Crippen LogP contribution in [0.1, 0.15) is 10.4 Å². The number of carbonyl (C=O) groups excluding carboxylic acids is 1. The van der Waals surface area contributed by atoms with Gasteiger partial charge in [0.1, 0.15) is 0 Å². The number of carbonyl (C=O) groups is 1. The Morgan fingerprint density at radius 3 is 2.42 bits per heavy atom. The zero-order valence-corrected chi connectivity index (χ0v) is 13.8. The number of nitro benzene ring substituents is 1. The molecule has 2 aliphatic rings. The predicted molar refractivity (Wildman–Crippen MR) is 89.5 cm³/mol. The Bertz CT molecular complexity index is 623. The summed E-state index contributed by atoms with van der Waals surface area (Å²) in [7, 11) is 2.02. The Morgan fingerprint density at radius 2 is 1.79 bits per heavy atom. The van der Waals surface area contributed by atoms with E-state index >= 15 is 0 Å². The molecule has 0 spiro atoms. The first-order chi connectivity index (χ1) is 11.6. The first-order valence-electron chi connectivity index (χ1n) is 8.15. The quantitative estimate of drug-likeness (QED) is 0.601. The number of hydrogen-bond donors (Lipinski definition) is 0. The molecule has 0 N–H and O–H groups in total. The van der Waals surface area contributed by atoms with E-state index < -0.39 is 4.92 Å². The van der Waals surface area contributed by atoms with Crippen LogP contribution in [-0.4, -0.2) is 80.2 Å². The largest absolute Gasteiger partial charge is 0.378 e. The first-order valence-corrected chi connectivity index (χ1v) is 8.15. The smallest absolute Gasteiger partial charge is 0.270 e. The number of nitro groups is 1. The number of non-ortho nitro benzene ring substituents is 1. The monoisotopic (exact) mass is 334 g/mol. The fraction of sp³-hybridized carbons (Fsp3) is 0.562. The van der Waals surface area contributed by atoms with Crippen molar-refractivity contribution >= 4 is 17.3 Å². The van der Waals surface area contributed by atoms with Gasteiger partial charge in [0.25, 0.3) is 11.6 Å². The van der Waals surface area contributed by atoms with Gasteiger partial charge in [-0.25, -0.2) is 0 Å².